The number of carbonyl (C=O) groups excluding carboxylic acids is 2. The van der Waals surface area contributed by atoms with Gasteiger partial charge in [-0.25, -0.2) is 0 Å². The first kappa shape index (κ1) is 22.6. The van der Waals surface area contributed by atoms with Crippen LogP contribution in [-0.2, 0) is 22.7 Å². The van der Waals surface area contributed by atoms with Gasteiger partial charge in [0.25, 0.3) is 5.91 Å². The van der Waals surface area contributed by atoms with Crippen molar-refractivity contribution in [3.8, 4) is 11.8 Å². The van der Waals surface area contributed by atoms with Crippen LogP contribution < -0.4 is 10.1 Å². The third-order valence-corrected chi connectivity index (χ3v) is 4.67. The molecule has 0 bridgehead atoms. The number of amides is 1. The number of nitriles is 1. The van der Waals surface area contributed by atoms with Crippen LogP contribution in [0.3, 0.4) is 0 Å². The number of esters is 1. The first-order chi connectivity index (χ1) is 15.5. The number of hydrogen-bond donors (Lipinski definition) is 1. The van der Waals surface area contributed by atoms with Gasteiger partial charge in [-0.2, -0.15) is 5.26 Å². The summed E-state index contributed by atoms with van der Waals surface area (Å²) in [7, 11) is 0. The summed E-state index contributed by atoms with van der Waals surface area (Å²) in [5, 5.41) is 11.7. The number of nitrogens with one attached hydrogen (secondary N) is 1. The summed E-state index contributed by atoms with van der Waals surface area (Å²) < 4.78 is 11.0. The second kappa shape index (κ2) is 11.3. The van der Waals surface area contributed by atoms with Crippen molar-refractivity contribution in [2.75, 3.05) is 0 Å². The van der Waals surface area contributed by atoms with Crippen molar-refractivity contribution in [2.24, 2.45) is 0 Å². The van der Waals surface area contributed by atoms with Crippen LogP contribution in [0.2, 0.25) is 0 Å². The van der Waals surface area contributed by atoms with E-state index in [1.54, 1.807) is 49.4 Å². The van der Waals surface area contributed by atoms with E-state index in [1.165, 1.54) is 0 Å². The Morgan fingerprint density at radius 3 is 2.38 bits per heavy atom. The lowest BCUT2D eigenvalue weighted by Gasteiger charge is -2.14. The van der Waals surface area contributed by atoms with Gasteiger partial charge in [0.2, 0.25) is 0 Å². The zero-order valence-corrected chi connectivity index (χ0v) is 17.8. The fraction of sp³-hybridized carbons (Fsp3) is 0.192. The molecule has 0 spiro atoms. The zero-order valence-electron chi connectivity index (χ0n) is 17.8. The summed E-state index contributed by atoms with van der Waals surface area (Å²) in [5.41, 5.74) is 2.79. The summed E-state index contributed by atoms with van der Waals surface area (Å²) in [6.45, 7) is 2.26. The lowest BCUT2D eigenvalue weighted by atomic mass is 10.1. The van der Waals surface area contributed by atoms with Gasteiger partial charge < -0.3 is 14.8 Å². The topological polar surface area (TPSA) is 88.4 Å². The van der Waals surface area contributed by atoms with E-state index in [1.807, 2.05) is 36.4 Å². The van der Waals surface area contributed by atoms with Crippen molar-refractivity contribution < 1.29 is 19.1 Å². The smallest absolute Gasteiger partial charge is 0.308 e. The predicted octanol–water partition coefficient (Wildman–Crippen LogP) is 4.39. The molecule has 162 valence electrons. The quantitative estimate of drug-likeness (QED) is 0.511. The van der Waals surface area contributed by atoms with E-state index in [0.29, 0.717) is 16.9 Å². The molecule has 0 saturated carbocycles. The van der Waals surface area contributed by atoms with Crippen LogP contribution in [0, 0.1) is 11.3 Å². The molecule has 1 amide bonds. The van der Waals surface area contributed by atoms with E-state index in [-0.39, 0.29) is 37.6 Å². The Kier molecular flexibility index (Phi) is 7.99. The van der Waals surface area contributed by atoms with Gasteiger partial charge in [0.1, 0.15) is 19.0 Å². The molecule has 1 N–H and O–H groups in total. The lowest BCUT2D eigenvalue weighted by Crippen LogP contribution is -2.34. The van der Waals surface area contributed by atoms with Crippen LogP contribution in [0.25, 0.3) is 0 Å². The monoisotopic (exact) mass is 428 g/mol. The van der Waals surface area contributed by atoms with Crippen LogP contribution in [-0.4, -0.2) is 17.9 Å². The van der Waals surface area contributed by atoms with Crippen molar-refractivity contribution in [2.45, 2.75) is 32.6 Å². The Balaban J connectivity index is 1.47. The Hall–Kier alpha value is -4.11. The van der Waals surface area contributed by atoms with Crippen molar-refractivity contribution in [3.63, 3.8) is 0 Å². The van der Waals surface area contributed by atoms with E-state index >= 15 is 0 Å². The highest BCUT2D eigenvalue weighted by Crippen LogP contribution is 2.15. The minimum Gasteiger partial charge on any atom is -0.489 e. The molecule has 6 heteroatoms. The highest BCUT2D eigenvalue weighted by molar-refractivity contribution is 5.94. The maximum absolute atomic E-state index is 12.6. The van der Waals surface area contributed by atoms with Crippen molar-refractivity contribution in [1.29, 1.82) is 5.26 Å². The minimum atomic E-state index is -0.371. The second-order valence-electron chi connectivity index (χ2n) is 7.35. The van der Waals surface area contributed by atoms with E-state index < -0.39 is 0 Å². The van der Waals surface area contributed by atoms with E-state index in [9.17, 15) is 9.59 Å². The summed E-state index contributed by atoms with van der Waals surface area (Å²) in [6.07, 6.45) is 0.0834. The zero-order chi connectivity index (χ0) is 22.8. The first-order valence-corrected chi connectivity index (χ1v) is 10.3. The molecule has 0 aliphatic rings. The van der Waals surface area contributed by atoms with Crippen LogP contribution in [0.5, 0.6) is 5.75 Å². The molecular formula is C26H24N2O4. The average Bonchev–Trinajstić information content (AvgIpc) is 2.82. The molecule has 3 aromatic rings. The van der Waals surface area contributed by atoms with Crippen molar-refractivity contribution in [1.82, 2.24) is 5.32 Å². The molecule has 0 fully saturated rings. The number of rotatable bonds is 9. The summed E-state index contributed by atoms with van der Waals surface area (Å²) in [6, 6.07) is 25.1. The number of hydrogen-bond acceptors (Lipinski definition) is 5. The molecule has 1 unspecified atom stereocenters. The maximum atomic E-state index is 12.6. The summed E-state index contributed by atoms with van der Waals surface area (Å²) >= 11 is 0. The van der Waals surface area contributed by atoms with Crippen molar-refractivity contribution >= 4 is 11.9 Å². The standard InChI is InChI=1S/C26H24N2O4/c1-19(14-25(29)32-17-21-6-3-2-4-7-21)28-26(30)23-9-5-8-22(15-23)18-31-24-12-10-20(16-27)11-13-24/h2-13,15,19H,14,17-18H2,1H3,(H,28,30). The Labute approximate surface area is 187 Å². The van der Waals surface area contributed by atoms with Crippen LogP contribution in [0.1, 0.15) is 40.4 Å². The van der Waals surface area contributed by atoms with Crippen LogP contribution in [0.15, 0.2) is 78.9 Å². The maximum Gasteiger partial charge on any atom is 0.308 e. The molecule has 0 aliphatic heterocycles. The number of nitrogens with zero attached hydrogens (tertiary/aromatic N) is 1. The second-order valence-corrected chi connectivity index (χ2v) is 7.35. The third-order valence-electron chi connectivity index (χ3n) is 4.67. The molecule has 32 heavy (non-hydrogen) atoms. The van der Waals surface area contributed by atoms with Crippen LogP contribution >= 0.6 is 0 Å². The minimum absolute atomic E-state index is 0.0834. The molecule has 0 saturated heterocycles. The molecule has 0 aliphatic carbocycles. The Morgan fingerprint density at radius 2 is 1.66 bits per heavy atom. The van der Waals surface area contributed by atoms with E-state index in [0.717, 1.165) is 11.1 Å². The lowest BCUT2D eigenvalue weighted by molar-refractivity contribution is -0.145. The van der Waals surface area contributed by atoms with Gasteiger partial charge in [0, 0.05) is 11.6 Å². The van der Waals surface area contributed by atoms with Gasteiger partial charge in [-0.3, -0.25) is 9.59 Å². The molecule has 0 aromatic heterocycles. The fourth-order valence-corrected chi connectivity index (χ4v) is 3.00. The van der Waals surface area contributed by atoms with Gasteiger partial charge in [0.05, 0.1) is 18.1 Å². The first-order valence-electron chi connectivity index (χ1n) is 10.3. The molecule has 3 aromatic carbocycles. The fourth-order valence-electron chi connectivity index (χ4n) is 3.00. The van der Waals surface area contributed by atoms with Gasteiger partial charge in [-0.15, -0.1) is 0 Å². The average molecular weight is 428 g/mol. The molecule has 1 atom stereocenters. The SMILES string of the molecule is CC(CC(=O)OCc1ccccc1)NC(=O)c1cccc(COc2ccc(C#N)cc2)c1. The largest absolute Gasteiger partial charge is 0.489 e. The normalized spacial score (nSPS) is 11.1. The number of ether oxygens (including phenoxy) is 2. The van der Waals surface area contributed by atoms with Gasteiger partial charge >= 0.3 is 5.97 Å². The number of benzene rings is 3. The van der Waals surface area contributed by atoms with Gasteiger partial charge in [-0.05, 0) is 54.4 Å². The van der Waals surface area contributed by atoms with Crippen molar-refractivity contribution in [3.05, 3.63) is 101 Å². The molecule has 0 heterocycles. The van der Waals surface area contributed by atoms with E-state index in [4.69, 9.17) is 14.7 Å². The highest BCUT2D eigenvalue weighted by Gasteiger charge is 2.15. The van der Waals surface area contributed by atoms with E-state index in [2.05, 4.69) is 11.4 Å². The molecular weight excluding hydrogens is 404 g/mol. The Morgan fingerprint density at radius 1 is 0.938 bits per heavy atom. The molecule has 3 rings (SSSR count). The third kappa shape index (κ3) is 6.99. The molecule has 0 radical (unpaired) electrons. The van der Waals surface area contributed by atoms with Gasteiger partial charge in [-0.1, -0.05) is 42.5 Å². The summed E-state index contributed by atoms with van der Waals surface area (Å²) in [5.74, 6) is 0.00120. The van der Waals surface area contributed by atoms with Crippen LogP contribution in [0.4, 0.5) is 0 Å². The number of carbonyl (C=O) groups is 2. The Bertz CT molecular complexity index is 1090. The van der Waals surface area contributed by atoms with Gasteiger partial charge in [0.15, 0.2) is 0 Å². The highest BCUT2D eigenvalue weighted by atomic mass is 16.5. The predicted molar refractivity (Wildman–Crippen MR) is 120 cm³/mol. The summed E-state index contributed by atoms with van der Waals surface area (Å²) in [4.78, 5) is 24.6. The molecule has 6 nitrogen and oxygen atoms in total.